The first kappa shape index (κ1) is 18.8. The van der Waals surface area contributed by atoms with Crippen LogP contribution in [0.25, 0.3) is 0 Å². The van der Waals surface area contributed by atoms with Crippen LogP contribution >= 0.6 is 0 Å². The van der Waals surface area contributed by atoms with Crippen LogP contribution in [0, 0.1) is 13.8 Å². The second kappa shape index (κ2) is 9.11. The van der Waals surface area contributed by atoms with Crippen molar-refractivity contribution < 1.29 is 14.3 Å². The fourth-order valence-electron chi connectivity index (χ4n) is 2.57. The van der Waals surface area contributed by atoms with E-state index in [0.717, 1.165) is 35.5 Å². The molecule has 2 rings (SSSR count). The van der Waals surface area contributed by atoms with Crippen molar-refractivity contribution in [3.8, 4) is 11.5 Å². The molecule has 0 saturated heterocycles. The van der Waals surface area contributed by atoms with E-state index in [-0.39, 0.29) is 5.91 Å². The summed E-state index contributed by atoms with van der Waals surface area (Å²) in [6.45, 7) is 6.44. The molecule has 4 nitrogen and oxygen atoms in total. The van der Waals surface area contributed by atoms with Gasteiger partial charge in [0.25, 0.3) is 5.91 Å². The molecular formula is C21H27NO3. The number of methoxy groups -OCH3 is 1. The van der Waals surface area contributed by atoms with Crippen molar-refractivity contribution in [2.75, 3.05) is 13.7 Å². The smallest absolute Gasteiger partial charge is 0.260 e. The molecule has 2 aromatic carbocycles. The Balaban J connectivity index is 1.76. The highest BCUT2D eigenvalue weighted by atomic mass is 16.5. The third-order valence-corrected chi connectivity index (χ3v) is 4.30. The van der Waals surface area contributed by atoms with Gasteiger partial charge in [-0.2, -0.15) is 0 Å². The van der Waals surface area contributed by atoms with Crippen molar-refractivity contribution in [3.63, 3.8) is 0 Å². The Morgan fingerprint density at radius 1 is 1.16 bits per heavy atom. The molecule has 0 aromatic heterocycles. The fourth-order valence-corrected chi connectivity index (χ4v) is 2.57. The van der Waals surface area contributed by atoms with E-state index in [1.807, 2.05) is 50.2 Å². The molecule has 1 N–H and O–H groups in total. The van der Waals surface area contributed by atoms with Gasteiger partial charge in [0.1, 0.15) is 11.5 Å². The summed E-state index contributed by atoms with van der Waals surface area (Å²) < 4.78 is 11.0. The van der Waals surface area contributed by atoms with Crippen LogP contribution in [0.15, 0.2) is 42.5 Å². The van der Waals surface area contributed by atoms with Crippen molar-refractivity contribution in [2.24, 2.45) is 0 Å². The highest BCUT2D eigenvalue weighted by Gasteiger charge is 2.15. The number of carbonyl (C=O) groups is 1. The molecule has 0 bridgehead atoms. The maximum absolute atomic E-state index is 12.2. The van der Waals surface area contributed by atoms with Gasteiger partial charge in [0.2, 0.25) is 0 Å². The molecule has 1 amide bonds. The number of carbonyl (C=O) groups excluding carboxylic acids is 1. The topological polar surface area (TPSA) is 47.6 Å². The van der Waals surface area contributed by atoms with Gasteiger partial charge < -0.3 is 14.8 Å². The third kappa shape index (κ3) is 5.52. The lowest BCUT2D eigenvalue weighted by molar-refractivity contribution is -0.127. The SMILES string of the molecule is COc1cccc(CCCNC(=O)[C@H](C)Oc2cccc(C)c2C)c1. The Morgan fingerprint density at radius 3 is 2.68 bits per heavy atom. The first-order chi connectivity index (χ1) is 12.0. The van der Waals surface area contributed by atoms with Crippen LogP contribution in [0.1, 0.15) is 30.0 Å². The summed E-state index contributed by atoms with van der Waals surface area (Å²) in [4.78, 5) is 12.2. The minimum atomic E-state index is -0.516. The first-order valence-electron chi connectivity index (χ1n) is 8.64. The van der Waals surface area contributed by atoms with Crippen LogP contribution in [0.3, 0.4) is 0 Å². The molecule has 0 unspecified atom stereocenters. The zero-order chi connectivity index (χ0) is 18.2. The second-order valence-corrected chi connectivity index (χ2v) is 6.20. The number of hydrogen-bond acceptors (Lipinski definition) is 3. The van der Waals surface area contributed by atoms with E-state index in [2.05, 4.69) is 11.4 Å². The van der Waals surface area contributed by atoms with Gasteiger partial charge in [0.05, 0.1) is 7.11 Å². The number of benzene rings is 2. The predicted molar refractivity (Wildman–Crippen MR) is 100 cm³/mol. The van der Waals surface area contributed by atoms with Gasteiger partial charge >= 0.3 is 0 Å². The third-order valence-electron chi connectivity index (χ3n) is 4.30. The van der Waals surface area contributed by atoms with Gasteiger partial charge in [0.15, 0.2) is 6.10 Å². The summed E-state index contributed by atoms with van der Waals surface area (Å²) in [5.41, 5.74) is 3.43. The van der Waals surface area contributed by atoms with Crippen LogP contribution in [-0.4, -0.2) is 25.7 Å². The molecule has 25 heavy (non-hydrogen) atoms. The average Bonchev–Trinajstić information content (AvgIpc) is 2.62. The molecule has 4 heteroatoms. The molecule has 1 atom stereocenters. The lowest BCUT2D eigenvalue weighted by Crippen LogP contribution is -2.37. The summed E-state index contributed by atoms with van der Waals surface area (Å²) in [5, 5.41) is 2.94. The van der Waals surface area contributed by atoms with Gasteiger partial charge in [0, 0.05) is 6.54 Å². The van der Waals surface area contributed by atoms with Crippen molar-refractivity contribution in [1.29, 1.82) is 0 Å². The molecule has 2 aromatic rings. The van der Waals surface area contributed by atoms with E-state index in [4.69, 9.17) is 9.47 Å². The lowest BCUT2D eigenvalue weighted by Gasteiger charge is -2.17. The number of nitrogens with one attached hydrogen (secondary N) is 1. The Bertz CT molecular complexity index is 712. The molecular weight excluding hydrogens is 314 g/mol. The molecule has 0 heterocycles. The quantitative estimate of drug-likeness (QED) is 0.742. The van der Waals surface area contributed by atoms with Crippen molar-refractivity contribution in [3.05, 3.63) is 59.2 Å². The molecule has 134 valence electrons. The zero-order valence-corrected chi connectivity index (χ0v) is 15.5. The van der Waals surface area contributed by atoms with Crippen LogP contribution < -0.4 is 14.8 Å². The number of ether oxygens (including phenoxy) is 2. The molecule has 0 saturated carbocycles. The summed E-state index contributed by atoms with van der Waals surface area (Å²) in [6.07, 6.45) is 1.25. The molecule has 0 fully saturated rings. The monoisotopic (exact) mass is 341 g/mol. The Morgan fingerprint density at radius 2 is 1.92 bits per heavy atom. The lowest BCUT2D eigenvalue weighted by atomic mass is 10.1. The molecule has 0 radical (unpaired) electrons. The summed E-state index contributed by atoms with van der Waals surface area (Å²) in [5.74, 6) is 1.53. The number of amides is 1. The second-order valence-electron chi connectivity index (χ2n) is 6.20. The maximum atomic E-state index is 12.2. The Labute approximate surface area is 150 Å². The van der Waals surface area contributed by atoms with Gasteiger partial charge in [-0.25, -0.2) is 0 Å². The summed E-state index contributed by atoms with van der Waals surface area (Å²) in [6, 6.07) is 13.9. The van der Waals surface area contributed by atoms with Crippen molar-refractivity contribution >= 4 is 5.91 Å². The van der Waals surface area contributed by atoms with Crippen LogP contribution in [0.2, 0.25) is 0 Å². The predicted octanol–water partition coefficient (Wildman–Crippen LogP) is 3.83. The molecule has 0 aliphatic carbocycles. The van der Waals surface area contributed by atoms with E-state index >= 15 is 0 Å². The number of rotatable bonds is 8. The summed E-state index contributed by atoms with van der Waals surface area (Å²) >= 11 is 0. The van der Waals surface area contributed by atoms with E-state index in [1.165, 1.54) is 5.56 Å². The van der Waals surface area contributed by atoms with E-state index < -0.39 is 6.10 Å². The highest BCUT2D eigenvalue weighted by molar-refractivity contribution is 5.80. The van der Waals surface area contributed by atoms with Gasteiger partial charge in [-0.15, -0.1) is 0 Å². The minimum absolute atomic E-state index is 0.0912. The highest BCUT2D eigenvalue weighted by Crippen LogP contribution is 2.21. The van der Waals surface area contributed by atoms with Gasteiger partial charge in [-0.1, -0.05) is 24.3 Å². The Hall–Kier alpha value is -2.49. The maximum Gasteiger partial charge on any atom is 0.260 e. The van der Waals surface area contributed by atoms with Crippen molar-refractivity contribution in [1.82, 2.24) is 5.32 Å². The van der Waals surface area contributed by atoms with Gasteiger partial charge in [-0.05, 0) is 68.5 Å². The van der Waals surface area contributed by atoms with E-state index in [0.29, 0.717) is 6.54 Å². The minimum Gasteiger partial charge on any atom is -0.497 e. The van der Waals surface area contributed by atoms with Crippen LogP contribution in [-0.2, 0) is 11.2 Å². The van der Waals surface area contributed by atoms with E-state index in [9.17, 15) is 4.79 Å². The van der Waals surface area contributed by atoms with Crippen LogP contribution in [0.5, 0.6) is 11.5 Å². The normalized spacial score (nSPS) is 11.7. The van der Waals surface area contributed by atoms with E-state index in [1.54, 1.807) is 14.0 Å². The first-order valence-corrected chi connectivity index (χ1v) is 8.64. The molecule has 0 aliphatic rings. The van der Waals surface area contributed by atoms with Crippen LogP contribution in [0.4, 0.5) is 0 Å². The average molecular weight is 341 g/mol. The zero-order valence-electron chi connectivity index (χ0n) is 15.5. The van der Waals surface area contributed by atoms with Gasteiger partial charge in [-0.3, -0.25) is 4.79 Å². The van der Waals surface area contributed by atoms with Crippen molar-refractivity contribution in [2.45, 2.75) is 39.7 Å². The molecule has 0 aliphatic heterocycles. The standard InChI is InChI=1S/C21H27NO3/c1-15-8-5-12-20(16(15)2)25-17(3)21(23)22-13-7-10-18-9-6-11-19(14-18)24-4/h5-6,8-9,11-12,14,17H,7,10,13H2,1-4H3,(H,22,23)/t17-/m0/s1. The summed E-state index contributed by atoms with van der Waals surface area (Å²) in [7, 11) is 1.66. The number of hydrogen-bond donors (Lipinski definition) is 1. The fraction of sp³-hybridized carbons (Fsp3) is 0.381. The number of aryl methyl sites for hydroxylation is 2. The Kier molecular flexibility index (Phi) is 6.87. The molecule has 0 spiro atoms. The largest absolute Gasteiger partial charge is 0.497 e.